The highest BCUT2D eigenvalue weighted by atomic mass is 16.1. The highest BCUT2D eigenvalue weighted by Crippen LogP contribution is 2.10. The van der Waals surface area contributed by atoms with Gasteiger partial charge in [-0.2, -0.15) is 5.10 Å². The molecule has 0 fully saturated rings. The van der Waals surface area contributed by atoms with Crippen LogP contribution in [0.4, 0.5) is 5.95 Å². The summed E-state index contributed by atoms with van der Waals surface area (Å²) >= 11 is 0. The Labute approximate surface area is 120 Å². The Morgan fingerprint density at radius 3 is 2.81 bits per heavy atom. The highest BCUT2D eigenvalue weighted by Gasteiger charge is 2.05. The van der Waals surface area contributed by atoms with Crippen LogP contribution in [0.5, 0.6) is 0 Å². The molecule has 2 heterocycles. The zero-order valence-electron chi connectivity index (χ0n) is 11.6. The summed E-state index contributed by atoms with van der Waals surface area (Å²) in [6, 6.07) is 9.16. The number of benzene rings is 1. The quantitative estimate of drug-likeness (QED) is 0.503. The van der Waals surface area contributed by atoms with Gasteiger partial charge in [0.15, 0.2) is 5.82 Å². The van der Waals surface area contributed by atoms with Crippen molar-refractivity contribution in [3.05, 3.63) is 52.2 Å². The summed E-state index contributed by atoms with van der Waals surface area (Å²) in [5.74, 6) is 0.967. The molecular weight excluding hydrogens is 268 g/mol. The van der Waals surface area contributed by atoms with E-state index in [1.54, 1.807) is 6.92 Å². The van der Waals surface area contributed by atoms with Gasteiger partial charge >= 0.3 is 0 Å². The molecule has 0 atom stereocenters. The zero-order chi connectivity index (χ0) is 14.8. The molecule has 106 valence electrons. The second kappa shape index (κ2) is 5.20. The molecule has 7 nitrogen and oxygen atoms in total. The Balaban J connectivity index is 1.86. The van der Waals surface area contributed by atoms with Crippen LogP contribution >= 0.6 is 0 Å². The van der Waals surface area contributed by atoms with Gasteiger partial charge in [-0.3, -0.25) is 9.78 Å². The predicted octanol–water partition coefficient (Wildman–Crippen LogP) is 1.79. The summed E-state index contributed by atoms with van der Waals surface area (Å²) < 4.78 is 0. The van der Waals surface area contributed by atoms with Crippen molar-refractivity contribution in [2.45, 2.75) is 13.8 Å². The minimum Gasteiger partial charge on any atom is -0.337 e. The van der Waals surface area contributed by atoms with E-state index >= 15 is 0 Å². The van der Waals surface area contributed by atoms with Gasteiger partial charge in [0, 0.05) is 11.8 Å². The molecule has 3 N–H and O–H groups in total. The Morgan fingerprint density at radius 2 is 2.05 bits per heavy atom. The number of anilines is 1. The number of aromatic nitrogens is 4. The molecule has 0 aliphatic heterocycles. The van der Waals surface area contributed by atoms with Gasteiger partial charge in [-0.25, -0.2) is 15.4 Å². The number of rotatable bonds is 3. The van der Waals surface area contributed by atoms with Crippen molar-refractivity contribution in [1.82, 2.24) is 19.9 Å². The first-order chi connectivity index (χ1) is 10.1. The van der Waals surface area contributed by atoms with Crippen molar-refractivity contribution >= 4 is 22.7 Å². The number of aryl methyl sites for hydroxylation is 1. The average Bonchev–Trinajstić information content (AvgIpc) is 2.87. The number of nitrogens with zero attached hydrogens (tertiary/aromatic N) is 3. The van der Waals surface area contributed by atoms with E-state index in [2.05, 4.69) is 30.5 Å². The monoisotopic (exact) mass is 282 g/mol. The lowest BCUT2D eigenvalue weighted by Gasteiger charge is -2.01. The molecule has 0 saturated heterocycles. The fourth-order valence-corrected chi connectivity index (χ4v) is 1.95. The highest BCUT2D eigenvalue weighted by molar-refractivity contribution is 5.98. The Hall–Kier alpha value is -2.96. The molecule has 0 bridgehead atoms. The minimum atomic E-state index is -0.221. The third-order valence-electron chi connectivity index (χ3n) is 2.93. The summed E-state index contributed by atoms with van der Waals surface area (Å²) in [7, 11) is 0. The zero-order valence-corrected chi connectivity index (χ0v) is 11.6. The number of aromatic amines is 2. The van der Waals surface area contributed by atoms with Gasteiger partial charge in [0.05, 0.1) is 11.0 Å². The van der Waals surface area contributed by atoms with E-state index in [9.17, 15) is 4.79 Å². The normalized spacial score (nSPS) is 11.8. The van der Waals surface area contributed by atoms with E-state index in [0.29, 0.717) is 23.2 Å². The number of nitrogens with one attached hydrogen (secondary N) is 3. The molecule has 0 aliphatic rings. The minimum absolute atomic E-state index is 0.221. The summed E-state index contributed by atoms with van der Waals surface area (Å²) in [6.45, 7) is 3.56. The van der Waals surface area contributed by atoms with E-state index < -0.39 is 0 Å². The van der Waals surface area contributed by atoms with Crippen LogP contribution in [0.2, 0.25) is 0 Å². The van der Waals surface area contributed by atoms with E-state index in [0.717, 1.165) is 11.0 Å². The number of H-pyrrole nitrogens is 2. The lowest BCUT2D eigenvalue weighted by molar-refractivity contribution is 1.04. The molecule has 0 unspecified atom stereocenters. The molecule has 0 aliphatic carbocycles. The largest absolute Gasteiger partial charge is 0.337 e. The van der Waals surface area contributed by atoms with Crippen LogP contribution in [0.3, 0.4) is 0 Å². The fraction of sp³-hybridized carbons (Fsp3) is 0.143. The maximum atomic E-state index is 11.3. The number of imidazole rings is 1. The van der Waals surface area contributed by atoms with E-state index in [1.807, 2.05) is 31.2 Å². The first-order valence-corrected chi connectivity index (χ1v) is 6.45. The predicted molar refractivity (Wildman–Crippen MR) is 81.5 cm³/mol. The summed E-state index contributed by atoms with van der Waals surface area (Å²) in [5, 5.41) is 4.18. The molecule has 3 aromatic rings. The van der Waals surface area contributed by atoms with Crippen LogP contribution in [0, 0.1) is 6.92 Å². The molecule has 1 aromatic carbocycles. The Kier molecular flexibility index (Phi) is 3.23. The van der Waals surface area contributed by atoms with Crippen molar-refractivity contribution in [2.24, 2.45) is 5.10 Å². The maximum Gasteiger partial charge on any atom is 0.252 e. The molecule has 21 heavy (non-hydrogen) atoms. The summed E-state index contributed by atoms with van der Waals surface area (Å²) in [5.41, 5.74) is 5.62. The SMILES string of the molecule is C/C(=N\Nc1nc(C)cc(=O)[nH]1)c1nc2ccccc2[nH]1. The molecule has 7 heteroatoms. The molecule has 2 aromatic heterocycles. The number of hydrazone groups is 1. The lowest BCUT2D eigenvalue weighted by atomic mass is 10.3. The van der Waals surface area contributed by atoms with Crippen LogP contribution in [0.15, 0.2) is 40.2 Å². The van der Waals surface area contributed by atoms with Crippen LogP contribution in [-0.2, 0) is 0 Å². The molecule has 3 rings (SSSR count). The summed E-state index contributed by atoms with van der Waals surface area (Å²) in [6.07, 6.45) is 0. The molecule has 0 radical (unpaired) electrons. The Morgan fingerprint density at radius 1 is 1.24 bits per heavy atom. The van der Waals surface area contributed by atoms with Crippen LogP contribution in [0.25, 0.3) is 11.0 Å². The summed E-state index contributed by atoms with van der Waals surface area (Å²) in [4.78, 5) is 25.7. The number of hydrogen-bond donors (Lipinski definition) is 3. The topological polar surface area (TPSA) is 98.8 Å². The molecule has 0 spiro atoms. The second-order valence-electron chi connectivity index (χ2n) is 4.65. The van der Waals surface area contributed by atoms with E-state index in [-0.39, 0.29) is 5.56 Å². The van der Waals surface area contributed by atoms with Gasteiger partial charge in [-0.1, -0.05) is 12.1 Å². The van der Waals surface area contributed by atoms with Crippen LogP contribution < -0.4 is 11.0 Å². The number of para-hydroxylation sites is 2. The molecule has 0 saturated carbocycles. The van der Waals surface area contributed by atoms with Gasteiger partial charge in [0.2, 0.25) is 5.95 Å². The van der Waals surface area contributed by atoms with Gasteiger partial charge in [-0.15, -0.1) is 0 Å². The average molecular weight is 282 g/mol. The fourth-order valence-electron chi connectivity index (χ4n) is 1.95. The third-order valence-corrected chi connectivity index (χ3v) is 2.93. The third kappa shape index (κ3) is 2.81. The Bertz CT molecular complexity index is 843. The molecule has 0 amide bonds. The van der Waals surface area contributed by atoms with Crippen molar-refractivity contribution in [3.8, 4) is 0 Å². The smallest absolute Gasteiger partial charge is 0.252 e. The van der Waals surface area contributed by atoms with E-state index in [4.69, 9.17) is 0 Å². The maximum absolute atomic E-state index is 11.3. The first kappa shape index (κ1) is 13.0. The van der Waals surface area contributed by atoms with Crippen LogP contribution in [0.1, 0.15) is 18.4 Å². The molecular formula is C14H14N6O. The second-order valence-corrected chi connectivity index (χ2v) is 4.65. The standard InChI is InChI=1S/C14H14N6O/c1-8-7-12(21)18-14(15-8)20-19-9(2)13-16-10-5-3-4-6-11(10)17-13/h3-7H,1-2H3,(H,16,17)(H2,15,18,20,21)/b19-9+. The first-order valence-electron chi connectivity index (χ1n) is 6.45. The van der Waals surface area contributed by atoms with Crippen molar-refractivity contribution in [2.75, 3.05) is 5.43 Å². The van der Waals surface area contributed by atoms with Crippen molar-refractivity contribution in [1.29, 1.82) is 0 Å². The van der Waals surface area contributed by atoms with Gasteiger partial charge in [0.25, 0.3) is 5.56 Å². The van der Waals surface area contributed by atoms with Gasteiger partial charge < -0.3 is 4.98 Å². The van der Waals surface area contributed by atoms with Crippen molar-refractivity contribution in [3.63, 3.8) is 0 Å². The van der Waals surface area contributed by atoms with Crippen molar-refractivity contribution < 1.29 is 0 Å². The van der Waals surface area contributed by atoms with Gasteiger partial charge in [0.1, 0.15) is 5.71 Å². The number of hydrogen-bond acceptors (Lipinski definition) is 5. The number of fused-ring (bicyclic) bond motifs is 1. The lowest BCUT2D eigenvalue weighted by Crippen LogP contribution is -2.11. The van der Waals surface area contributed by atoms with Crippen LogP contribution in [-0.4, -0.2) is 25.6 Å². The van der Waals surface area contributed by atoms with E-state index in [1.165, 1.54) is 6.07 Å². The van der Waals surface area contributed by atoms with Gasteiger partial charge in [-0.05, 0) is 26.0 Å².